The van der Waals surface area contributed by atoms with Gasteiger partial charge in [0.05, 0.1) is 31.8 Å². The zero-order valence-corrected chi connectivity index (χ0v) is 21.1. The summed E-state index contributed by atoms with van der Waals surface area (Å²) in [6, 6.07) is 3.06. The lowest BCUT2D eigenvalue weighted by molar-refractivity contribution is -0.141. The molecule has 32 heavy (non-hydrogen) atoms. The predicted octanol–water partition coefficient (Wildman–Crippen LogP) is 3.21. The Morgan fingerprint density at radius 1 is 1.38 bits per heavy atom. The molecule has 0 aliphatic carbocycles. The number of hydrogen-bond acceptors (Lipinski definition) is 5. The van der Waals surface area contributed by atoms with Crippen LogP contribution in [0.2, 0.25) is 10.0 Å². The minimum Gasteiger partial charge on any atom is -0.489 e. The molecular weight excluding hydrogens is 473 g/mol. The molecule has 1 heterocycles. The predicted molar refractivity (Wildman–Crippen MR) is 130 cm³/mol. The number of nitrogens with one attached hydrogen (secondary N) is 1. The van der Waals surface area contributed by atoms with Crippen LogP contribution in [0, 0.1) is 5.92 Å². The van der Waals surface area contributed by atoms with Crippen molar-refractivity contribution in [2.75, 3.05) is 26.2 Å². The van der Waals surface area contributed by atoms with Gasteiger partial charge in [-0.1, -0.05) is 35.9 Å². The summed E-state index contributed by atoms with van der Waals surface area (Å²) in [7, 11) is -1.36. The third-order valence-electron chi connectivity index (χ3n) is 5.37. The maximum absolute atomic E-state index is 13.0. The highest BCUT2D eigenvalue weighted by Gasteiger charge is 2.35. The van der Waals surface area contributed by atoms with E-state index in [2.05, 4.69) is 11.3 Å². The van der Waals surface area contributed by atoms with E-state index in [1.165, 1.54) is 0 Å². The zero-order valence-electron chi connectivity index (χ0n) is 18.8. The average molecular weight is 506 g/mol. The average Bonchev–Trinajstić information content (AvgIpc) is 2.76. The Morgan fingerprint density at radius 3 is 2.50 bits per heavy atom. The molecule has 180 valence electrons. The molecule has 0 saturated carbocycles. The van der Waals surface area contributed by atoms with Gasteiger partial charge in [-0.15, -0.1) is 0 Å². The van der Waals surface area contributed by atoms with Crippen LogP contribution < -0.4 is 15.2 Å². The molecule has 1 aliphatic heterocycles. The van der Waals surface area contributed by atoms with E-state index >= 15 is 0 Å². The number of carbonyl (C=O) groups is 1. The Kier molecular flexibility index (Phi) is 10.00. The molecular formula is C22H33Cl2N3O4S. The molecule has 4 N–H and O–H groups in total. The Bertz CT molecular complexity index is 839. The molecule has 3 atom stereocenters. The molecule has 1 fully saturated rings. The van der Waals surface area contributed by atoms with Gasteiger partial charge in [0.2, 0.25) is 0 Å². The third kappa shape index (κ3) is 6.92. The number of nitrogens with zero attached hydrogens (tertiary/aromatic N) is 1. The quantitative estimate of drug-likeness (QED) is 0.446. The molecule has 0 spiro atoms. The molecule has 0 radical (unpaired) electrons. The van der Waals surface area contributed by atoms with Crippen molar-refractivity contribution in [3.05, 3.63) is 40.4 Å². The number of aliphatic hydroxyl groups excluding tert-OH is 1. The van der Waals surface area contributed by atoms with E-state index in [4.69, 9.17) is 33.7 Å². The Morgan fingerprint density at radius 2 is 1.97 bits per heavy atom. The van der Waals surface area contributed by atoms with E-state index < -0.39 is 21.8 Å². The van der Waals surface area contributed by atoms with Crippen LogP contribution in [0.15, 0.2) is 24.8 Å². The lowest BCUT2D eigenvalue weighted by Gasteiger charge is -2.38. The number of carbonyl (C=O) groups excluding carboxylic acids is 1. The van der Waals surface area contributed by atoms with E-state index in [0.717, 1.165) is 5.56 Å². The molecule has 0 aromatic heterocycles. The van der Waals surface area contributed by atoms with Crippen molar-refractivity contribution >= 4 is 40.1 Å². The number of halogens is 2. The number of likely N-dealkylation sites (tertiary alicyclic amines) is 1. The van der Waals surface area contributed by atoms with Gasteiger partial charge in [0.25, 0.3) is 5.91 Å². The van der Waals surface area contributed by atoms with E-state index in [1.54, 1.807) is 23.1 Å². The van der Waals surface area contributed by atoms with Crippen molar-refractivity contribution in [1.29, 1.82) is 0 Å². The normalized spacial score (nSPS) is 18.2. The summed E-state index contributed by atoms with van der Waals surface area (Å²) in [5, 5.41) is 10.5. The van der Waals surface area contributed by atoms with Crippen LogP contribution in [0.25, 0.3) is 0 Å². The molecule has 2 rings (SSSR count). The first-order chi connectivity index (χ1) is 15.0. The Balaban J connectivity index is 2.36. The second-order valence-corrected chi connectivity index (χ2v) is 11.6. The fraction of sp³-hybridized carbons (Fsp3) is 0.591. The van der Waals surface area contributed by atoms with E-state index in [-0.39, 0.29) is 31.0 Å². The van der Waals surface area contributed by atoms with Crippen molar-refractivity contribution in [3.63, 3.8) is 0 Å². The largest absolute Gasteiger partial charge is 0.489 e. The van der Waals surface area contributed by atoms with E-state index in [1.807, 2.05) is 20.8 Å². The smallest absolute Gasteiger partial charge is 0.252 e. The van der Waals surface area contributed by atoms with Crippen LogP contribution in [0.4, 0.5) is 0 Å². The van der Waals surface area contributed by atoms with Gasteiger partial charge < -0.3 is 20.5 Å². The zero-order chi connectivity index (χ0) is 24.1. The maximum Gasteiger partial charge on any atom is 0.252 e. The summed E-state index contributed by atoms with van der Waals surface area (Å²) < 4.78 is 21.7. The van der Waals surface area contributed by atoms with Crippen molar-refractivity contribution in [3.8, 4) is 5.75 Å². The highest BCUT2D eigenvalue weighted by molar-refractivity contribution is 7.84. The topological polar surface area (TPSA) is 105 Å². The second-order valence-electron chi connectivity index (χ2n) is 8.79. The maximum atomic E-state index is 13.0. The molecule has 0 bridgehead atoms. The summed E-state index contributed by atoms with van der Waals surface area (Å²) in [5.41, 5.74) is 6.18. The molecule has 1 saturated heterocycles. The molecule has 1 aromatic rings. The van der Waals surface area contributed by atoms with Gasteiger partial charge in [0, 0.05) is 31.3 Å². The minimum absolute atomic E-state index is 0.0451. The molecule has 1 aliphatic rings. The van der Waals surface area contributed by atoms with Gasteiger partial charge in [-0.3, -0.25) is 4.79 Å². The highest BCUT2D eigenvalue weighted by atomic mass is 35.5. The van der Waals surface area contributed by atoms with Crippen molar-refractivity contribution < 1.29 is 18.8 Å². The number of piperidine rings is 1. The lowest BCUT2D eigenvalue weighted by atomic mass is 9.85. The molecule has 1 amide bonds. The van der Waals surface area contributed by atoms with Gasteiger partial charge in [0.1, 0.15) is 18.5 Å². The van der Waals surface area contributed by atoms with Gasteiger partial charge in [0.15, 0.2) is 0 Å². The van der Waals surface area contributed by atoms with Crippen LogP contribution in [0.3, 0.4) is 0 Å². The minimum atomic E-state index is -1.36. The third-order valence-corrected chi connectivity index (χ3v) is 7.67. The first-order valence-electron chi connectivity index (χ1n) is 10.6. The van der Waals surface area contributed by atoms with E-state index in [0.29, 0.717) is 41.7 Å². The fourth-order valence-corrected chi connectivity index (χ4v) is 4.76. The van der Waals surface area contributed by atoms with Crippen LogP contribution in [0.1, 0.15) is 45.2 Å². The lowest BCUT2D eigenvalue weighted by Crippen LogP contribution is -2.48. The standard InChI is InChI=1S/C22H33Cl2N3O4S/c1-5-10-31-19-12-17(24)16(23)11-15(19)20(26-32(30)22(2,3)4)14-6-8-27(9-7-14)21(29)18(28)13-25/h5,11-12,14,18,20,26,28H,1,6-10,13,25H2,2-4H3/t18-,20+,32?/m0/s1. The molecule has 7 nitrogen and oxygen atoms in total. The number of amides is 1. The fourth-order valence-electron chi connectivity index (χ4n) is 3.53. The first kappa shape index (κ1) is 27.1. The van der Waals surface area contributed by atoms with Crippen LogP contribution in [-0.4, -0.2) is 57.2 Å². The SMILES string of the molecule is C=CCOc1cc(Cl)c(Cl)cc1[C@H](NS(=O)C(C)(C)C)C1CCN(C(=O)[C@@H](O)CN)CC1. The first-order valence-corrected chi connectivity index (χ1v) is 12.5. The van der Waals surface area contributed by atoms with Crippen LogP contribution in [-0.2, 0) is 15.8 Å². The summed E-state index contributed by atoms with van der Waals surface area (Å²) in [4.78, 5) is 13.9. The van der Waals surface area contributed by atoms with Crippen LogP contribution >= 0.6 is 23.2 Å². The van der Waals surface area contributed by atoms with Crippen molar-refractivity contribution in [2.45, 2.75) is 50.5 Å². The number of aliphatic hydroxyl groups is 1. The summed E-state index contributed by atoms with van der Waals surface area (Å²) in [6.07, 6.45) is 1.73. The van der Waals surface area contributed by atoms with E-state index in [9.17, 15) is 14.1 Å². The summed E-state index contributed by atoms with van der Waals surface area (Å²) in [6.45, 7) is 10.5. The number of hydrogen-bond donors (Lipinski definition) is 3. The van der Waals surface area contributed by atoms with Crippen molar-refractivity contribution in [2.24, 2.45) is 11.7 Å². The van der Waals surface area contributed by atoms with Gasteiger partial charge in [-0.05, 0) is 45.6 Å². The van der Waals surface area contributed by atoms with Crippen molar-refractivity contribution in [1.82, 2.24) is 9.62 Å². The second kappa shape index (κ2) is 11.8. The van der Waals surface area contributed by atoms with Gasteiger partial charge >= 0.3 is 0 Å². The highest BCUT2D eigenvalue weighted by Crippen LogP contribution is 2.40. The monoisotopic (exact) mass is 505 g/mol. The summed E-state index contributed by atoms with van der Waals surface area (Å²) in [5.74, 6) is 0.224. The molecule has 1 aromatic carbocycles. The number of nitrogens with two attached hydrogens (primary N) is 1. The molecule has 1 unspecified atom stereocenters. The van der Waals surface area contributed by atoms with Gasteiger partial charge in [-0.25, -0.2) is 8.93 Å². The Labute approximate surface area is 202 Å². The van der Waals surface area contributed by atoms with Crippen LogP contribution in [0.5, 0.6) is 5.75 Å². The van der Waals surface area contributed by atoms with Gasteiger partial charge in [-0.2, -0.15) is 0 Å². The number of benzene rings is 1. The Hall–Kier alpha value is -1.16. The number of ether oxygens (including phenoxy) is 1. The number of rotatable bonds is 9. The summed E-state index contributed by atoms with van der Waals surface area (Å²) >= 11 is 12.6. The molecule has 10 heteroatoms.